The lowest BCUT2D eigenvalue weighted by Crippen LogP contribution is -2.17. The number of aliphatic carboxylic acids is 1. The lowest BCUT2D eigenvalue weighted by atomic mass is 9.87. The summed E-state index contributed by atoms with van der Waals surface area (Å²) in [7, 11) is 0. The van der Waals surface area contributed by atoms with Crippen LogP contribution in [-0.2, 0) is 35.3 Å². The molecule has 1 N–H and O–H groups in total. The van der Waals surface area contributed by atoms with Crippen LogP contribution >= 0.6 is 0 Å². The molecule has 0 atom stereocenters. The molecule has 2 aromatic rings. The summed E-state index contributed by atoms with van der Waals surface area (Å²) in [5.41, 5.74) is 5.73. The van der Waals surface area contributed by atoms with Crippen molar-refractivity contribution in [1.29, 1.82) is 0 Å². The maximum atomic E-state index is 12.1. The van der Waals surface area contributed by atoms with Crippen LogP contribution in [0.3, 0.4) is 0 Å². The summed E-state index contributed by atoms with van der Waals surface area (Å²) in [5.74, 6) is -2.08. The molecule has 2 rings (SSSR count). The van der Waals surface area contributed by atoms with E-state index in [-0.39, 0.29) is 6.42 Å². The van der Waals surface area contributed by atoms with E-state index in [0.29, 0.717) is 0 Å². The Morgan fingerprint density at radius 3 is 2.03 bits per heavy atom. The molecule has 156 valence electrons. The monoisotopic (exact) mass is 394 g/mol. The van der Waals surface area contributed by atoms with Crippen LogP contribution in [0.5, 0.6) is 0 Å². The summed E-state index contributed by atoms with van der Waals surface area (Å²) < 4.78 is 0. The quantitative estimate of drug-likeness (QED) is 0.338. The molecule has 0 aromatic heterocycles. The number of hydrogen-bond acceptors (Lipinski definition) is 2. The SMILES string of the molecule is CCCCCc1cc(CCCCC)c(Cc2ccccc2)c(CC(=O)C(=O)O)c1. The summed E-state index contributed by atoms with van der Waals surface area (Å²) in [6.45, 7) is 4.39. The van der Waals surface area contributed by atoms with Gasteiger partial charge in [0.15, 0.2) is 0 Å². The number of hydrogen-bond donors (Lipinski definition) is 1. The normalized spacial score (nSPS) is 10.8. The molecule has 0 fully saturated rings. The summed E-state index contributed by atoms with van der Waals surface area (Å²) in [6.07, 6.45) is 9.58. The molecule has 0 spiro atoms. The van der Waals surface area contributed by atoms with E-state index < -0.39 is 11.8 Å². The van der Waals surface area contributed by atoms with Crippen molar-refractivity contribution in [3.05, 3.63) is 70.3 Å². The lowest BCUT2D eigenvalue weighted by Gasteiger charge is -2.18. The van der Waals surface area contributed by atoms with Crippen LogP contribution in [0, 0.1) is 0 Å². The van der Waals surface area contributed by atoms with E-state index in [4.69, 9.17) is 5.11 Å². The Kier molecular flexibility index (Phi) is 9.63. The highest BCUT2D eigenvalue weighted by Crippen LogP contribution is 2.25. The van der Waals surface area contributed by atoms with E-state index in [2.05, 4.69) is 38.1 Å². The molecule has 0 heterocycles. The van der Waals surface area contributed by atoms with Gasteiger partial charge < -0.3 is 5.11 Å². The highest BCUT2D eigenvalue weighted by molar-refractivity contribution is 6.33. The van der Waals surface area contributed by atoms with Gasteiger partial charge in [-0.2, -0.15) is 0 Å². The van der Waals surface area contributed by atoms with Gasteiger partial charge in [0.25, 0.3) is 0 Å². The molecule has 0 aliphatic carbocycles. The Labute approximate surface area is 175 Å². The molecule has 3 nitrogen and oxygen atoms in total. The molecule has 3 heteroatoms. The van der Waals surface area contributed by atoms with Crippen molar-refractivity contribution in [3.8, 4) is 0 Å². The molecule has 2 aromatic carbocycles. The van der Waals surface area contributed by atoms with E-state index in [9.17, 15) is 9.59 Å². The number of benzene rings is 2. The highest BCUT2D eigenvalue weighted by Gasteiger charge is 2.18. The molecule has 0 bridgehead atoms. The summed E-state index contributed by atoms with van der Waals surface area (Å²) in [4.78, 5) is 23.3. The number of carboxylic acids is 1. The van der Waals surface area contributed by atoms with Gasteiger partial charge in [-0.1, -0.05) is 82.0 Å². The van der Waals surface area contributed by atoms with E-state index >= 15 is 0 Å². The fraction of sp³-hybridized carbons (Fsp3) is 0.462. The standard InChI is InChI=1S/C26H34O3/c1-3-5-8-14-21-16-22(15-9-6-4-2)24(18-20-12-10-7-11-13-20)23(17-21)19-25(27)26(28)29/h7,10-13,16-17H,3-6,8-9,14-15,18-19H2,1-2H3,(H,28,29). The van der Waals surface area contributed by atoms with Gasteiger partial charge in [-0.25, -0.2) is 4.79 Å². The summed E-state index contributed by atoms with van der Waals surface area (Å²) in [5, 5.41) is 9.16. The van der Waals surface area contributed by atoms with Crippen molar-refractivity contribution in [2.24, 2.45) is 0 Å². The minimum absolute atomic E-state index is 0.0279. The van der Waals surface area contributed by atoms with Crippen molar-refractivity contribution in [3.63, 3.8) is 0 Å². The predicted molar refractivity (Wildman–Crippen MR) is 118 cm³/mol. The van der Waals surface area contributed by atoms with Crippen LogP contribution in [0.15, 0.2) is 42.5 Å². The number of Topliss-reactive ketones (excluding diaryl/α,β-unsaturated/α-hetero) is 1. The smallest absolute Gasteiger partial charge is 0.372 e. The van der Waals surface area contributed by atoms with E-state index in [0.717, 1.165) is 49.7 Å². The Morgan fingerprint density at radius 2 is 1.41 bits per heavy atom. The van der Waals surface area contributed by atoms with Gasteiger partial charge in [0.2, 0.25) is 5.78 Å². The Balaban J connectivity index is 2.43. The van der Waals surface area contributed by atoms with Crippen LogP contribution < -0.4 is 0 Å². The average molecular weight is 395 g/mol. The van der Waals surface area contributed by atoms with Crippen molar-refractivity contribution in [2.75, 3.05) is 0 Å². The Morgan fingerprint density at radius 1 is 0.793 bits per heavy atom. The number of carbonyl (C=O) groups is 2. The summed E-state index contributed by atoms with van der Waals surface area (Å²) in [6, 6.07) is 14.6. The molecular formula is C26H34O3. The second-order valence-electron chi connectivity index (χ2n) is 7.87. The third-order valence-corrected chi connectivity index (χ3v) is 5.43. The molecule has 0 amide bonds. The molecule has 0 radical (unpaired) electrons. The lowest BCUT2D eigenvalue weighted by molar-refractivity contribution is -0.148. The number of ketones is 1. The number of rotatable bonds is 13. The fourth-order valence-corrected chi connectivity index (χ4v) is 3.82. The number of unbranched alkanes of at least 4 members (excludes halogenated alkanes) is 4. The average Bonchev–Trinajstić information content (AvgIpc) is 2.71. The molecule has 0 aliphatic heterocycles. The van der Waals surface area contributed by atoms with Crippen molar-refractivity contribution >= 4 is 11.8 Å². The molecule has 0 unspecified atom stereocenters. The second kappa shape index (κ2) is 12.2. The topological polar surface area (TPSA) is 54.4 Å². The minimum atomic E-state index is -1.35. The van der Waals surface area contributed by atoms with Crippen LogP contribution in [-0.4, -0.2) is 16.9 Å². The zero-order valence-electron chi connectivity index (χ0n) is 17.9. The maximum absolute atomic E-state index is 12.1. The van der Waals surface area contributed by atoms with Gasteiger partial charge in [-0.15, -0.1) is 0 Å². The van der Waals surface area contributed by atoms with Crippen molar-refractivity contribution in [1.82, 2.24) is 0 Å². The Hall–Kier alpha value is -2.42. The third kappa shape index (κ3) is 7.49. The maximum Gasteiger partial charge on any atom is 0.372 e. The van der Waals surface area contributed by atoms with Crippen LogP contribution in [0.4, 0.5) is 0 Å². The number of carbonyl (C=O) groups excluding carboxylic acids is 1. The minimum Gasteiger partial charge on any atom is -0.475 e. The largest absolute Gasteiger partial charge is 0.475 e. The van der Waals surface area contributed by atoms with Gasteiger partial charge in [0.1, 0.15) is 0 Å². The van der Waals surface area contributed by atoms with Crippen LogP contribution in [0.2, 0.25) is 0 Å². The third-order valence-electron chi connectivity index (χ3n) is 5.43. The van der Waals surface area contributed by atoms with Crippen LogP contribution in [0.1, 0.15) is 80.2 Å². The zero-order chi connectivity index (χ0) is 21.1. The van der Waals surface area contributed by atoms with E-state index in [1.807, 2.05) is 18.2 Å². The molecule has 0 saturated heterocycles. The van der Waals surface area contributed by atoms with Gasteiger partial charge in [-0.05, 0) is 59.9 Å². The second-order valence-corrected chi connectivity index (χ2v) is 7.87. The van der Waals surface area contributed by atoms with Gasteiger partial charge in [0.05, 0.1) is 0 Å². The van der Waals surface area contributed by atoms with Gasteiger partial charge >= 0.3 is 5.97 Å². The first-order chi connectivity index (χ1) is 14.0. The van der Waals surface area contributed by atoms with Crippen molar-refractivity contribution < 1.29 is 14.7 Å². The first-order valence-electron chi connectivity index (χ1n) is 11.0. The molecule has 29 heavy (non-hydrogen) atoms. The number of carboxylic acid groups (broad SMARTS) is 1. The Bertz CT molecular complexity index is 793. The molecule has 0 saturated carbocycles. The highest BCUT2D eigenvalue weighted by atomic mass is 16.4. The van der Waals surface area contributed by atoms with Gasteiger partial charge in [0, 0.05) is 6.42 Å². The predicted octanol–water partition coefficient (Wildman–Crippen LogP) is 5.94. The van der Waals surface area contributed by atoms with E-state index in [1.54, 1.807) is 0 Å². The molecular weight excluding hydrogens is 360 g/mol. The van der Waals surface area contributed by atoms with Gasteiger partial charge in [-0.3, -0.25) is 4.79 Å². The van der Waals surface area contributed by atoms with Crippen molar-refractivity contribution in [2.45, 2.75) is 78.1 Å². The zero-order valence-corrected chi connectivity index (χ0v) is 17.9. The van der Waals surface area contributed by atoms with Crippen LogP contribution in [0.25, 0.3) is 0 Å². The first kappa shape index (κ1) is 22.9. The number of aryl methyl sites for hydroxylation is 2. The summed E-state index contributed by atoms with van der Waals surface area (Å²) >= 11 is 0. The first-order valence-corrected chi connectivity index (χ1v) is 11.0. The fourth-order valence-electron chi connectivity index (χ4n) is 3.82. The van der Waals surface area contributed by atoms with E-state index in [1.165, 1.54) is 36.0 Å². The molecule has 0 aliphatic rings.